The summed E-state index contributed by atoms with van der Waals surface area (Å²) in [4.78, 5) is 39.1. The monoisotopic (exact) mass is 450 g/mol. The number of hydrogen-bond acceptors (Lipinski definition) is 6. The summed E-state index contributed by atoms with van der Waals surface area (Å²) in [6.45, 7) is 3.80. The molecule has 0 bridgehead atoms. The van der Waals surface area contributed by atoms with Crippen molar-refractivity contribution in [3.63, 3.8) is 0 Å². The number of rotatable bonds is 6. The summed E-state index contributed by atoms with van der Waals surface area (Å²) < 4.78 is 16.5. The summed E-state index contributed by atoms with van der Waals surface area (Å²) in [5.74, 6) is 0.554. The molecule has 0 radical (unpaired) electrons. The molecule has 0 saturated carbocycles. The van der Waals surface area contributed by atoms with Crippen LogP contribution in [0.25, 0.3) is 0 Å². The lowest BCUT2D eigenvalue weighted by molar-refractivity contribution is -0.121. The maximum atomic E-state index is 12.7. The van der Waals surface area contributed by atoms with Crippen LogP contribution in [0, 0.1) is 6.92 Å². The Bertz CT molecular complexity index is 1120. The lowest BCUT2D eigenvalue weighted by atomic mass is 9.74. The van der Waals surface area contributed by atoms with Gasteiger partial charge < -0.3 is 19.5 Å². The molecule has 2 aromatic rings. The van der Waals surface area contributed by atoms with Crippen molar-refractivity contribution in [3.8, 4) is 11.5 Å². The fourth-order valence-corrected chi connectivity index (χ4v) is 4.73. The van der Waals surface area contributed by atoms with Crippen LogP contribution in [-0.2, 0) is 14.9 Å². The van der Waals surface area contributed by atoms with Gasteiger partial charge in [-0.25, -0.2) is 0 Å². The minimum absolute atomic E-state index is 0.0529. The number of imide groups is 1. The molecule has 0 spiro atoms. The first-order valence-electron chi connectivity index (χ1n) is 11.2. The highest BCUT2D eigenvalue weighted by Crippen LogP contribution is 2.40. The molecule has 0 unspecified atom stereocenters. The van der Waals surface area contributed by atoms with Crippen LogP contribution in [0.2, 0.25) is 0 Å². The van der Waals surface area contributed by atoms with E-state index in [1.807, 2.05) is 31.2 Å². The first-order chi connectivity index (χ1) is 16.0. The van der Waals surface area contributed by atoms with Crippen molar-refractivity contribution in [1.29, 1.82) is 0 Å². The van der Waals surface area contributed by atoms with Crippen LogP contribution in [-0.4, -0.2) is 55.7 Å². The second-order valence-corrected chi connectivity index (χ2v) is 8.80. The van der Waals surface area contributed by atoms with Crippen LogP contribution >= 0.6 is 0 Å². The number of carbonyl (C=O) groups is 3. The summed E-state index contributed by atoms with van der Waals surface area (Å²) in [5.41, 5.74) is 2.52. The van der Waals surface area contributed by atoms with Crippen molar-refractivity contribution in [2.75, 3.05) is 33.1 Å². The summed E-state index contributed by atoms with van der Waals surface area (Å²) in [6.07, 6.45) is 1.59. The molecular formula is C25H26N2O6. The average Bonchev–Trinajstić information content (AvgIpc) is 3.39. The van der Waals surface area contributed by atoms with Crippen molar-refractivity contribution < 1.29 is 28.6 Å². The number of fused-ring (bicyclic) bond motifs is 2. The average molecular weight is 450 g/mol. The Kier molecular flexibility index (Phi) is 5.54. The molecular weight excluding hydrogens is 424 g/mol. The Morgan fingerprint density at radius 1 is 1.00 bits per heavy atom. The SMILES string of the molecule is Cc1ccc2c(c1)C(=O)N(CCC(=O)NCC1(c3ccc4c(c3)OCO4)CCOCC1)C2=O. The van der Waals surface area contributed by atoms with E-state index in [0.717, 1.165) is 34.6 Å². The van der Waals surface area contributed by atoms with Gasteiger partial charge in [0.05, 0.1) is 11.1 Å². The number of nitrogens with one attached hydrogen (secondary N) is 1. The van der Waals surface area contributed by atoms with Gasteiger partial charge in [0.15, 0.2) is 11.5 Å². The predicted molar refractivity (Wildman–Crippen MR) is 118 cm³/mol. The number of carbonyl (C=O) groups excluding carboxylic acids is 3. The molecule has 3 heterocycles. The Balaban J connectivity index is 1.23. The zero-order valence-electron chi connectivity index (χ0n) is 18.5. The third kappa shape index (κ3) is 3.95. The first-order valence-corrected chi connectivity index (χ1v) is 11.2. The van der Waals surface area contributed by atoms with Gasteiger partial charge in [-0.2, -0.15) is 0 Å². The van der Waals surface area contributed by atoms with Gasteiger partial charge in [0.2, 0.25) is 12.7 Å². The van der Waals surface area contributed by atoms with Crippen molar-refractivity contribution in [3.05, 3.63) is 58.7 Å². The van der Waals surface area contributed by atoms with Gasteiger partial charge in [-0.15, -0.1) is 0 Å². The van der Waals surface area contributed by atoms with Crippen LogP contribution in [0.3, 0.4) is 0 Å². The molecule has 1 N–H and O–H groups in total. The van der Waals surface area contributed by atoms with Gasteiger partial charge in [-0.3, -0.25) is 19.3 Å². The largest absolute Gasteiger partial charge is 0.454 e. The van der Waals surface area contributed by atoms with Crippen LogP contribution in [0.1, 0.15) is 51.1 Å². The Labute approximate surface area is 191 Å². The zero-order chi connectivity index (χ0) is 23.0. The van der Waals surface area contributed by atoms with Crippen LogP contribution in [0.15, 0.2) is 36.4 Å². The topological polar surface area (TPSA) is 94.2 Å². The molecule has 0 aromatic heterocycles. The van der Waals surface area contributed by atoms with E-state index >= 15 is 0 Å². The van der Waals surface area contributed by atoms with Crippen LogP contribution in [0.5, 0.6) is 11.5 Å². The lowest BCUT2D eigenvalue weighted by Crippen LogP contribution is -2.45. The lowest BCUT2D eigenvalue weighted by Gasteiger charge is -2.38. The van der Waals surface area contributed by atoms with Gasteiger partial charge in [-0.05, 0) is 49.6 Å². The van der Waals surface area contributed by atoms with Gasteiger partial charge in [0.1, 0.15) is 0 Å². The maximum absolute atomic E-state index is 12.7. The molecule has 3 amide bonds. The molecule has 0 aliphatic carbocycles. The Hall–Kier alpha value is -3.39. The van der Waals surface area contributed by atoms with Crippen LogP contribution < -0.4 is 14.8 Å². The summed E-state index contributed by atoms with van der Waals surface area (Å²) in [5, 5.41) is 3.03. The molecule has 2 aromatic carbocycles. The van der Waals surface area contributed by atoms with E-state index in [-0.39, 0.29) is 42.9 Å². The van der Waals surface area contributed by atoms with Crippen LogP contribution in [0.4, 0.5) is 0 Å². The van der Waals surface area contributed by atoms with Gasteiger partial charge in [0.25, 0.3) is 11.8 Å². The standard InChI is InChI=1S/C25H26N2O6/c1-16-2-4-18-19(12-16)24(30)27(23(18)29)9-6-22(28)26-14-25(7-10-31-11-8-25)17-3-5-20-21(13-17)33-15-32-20/h2-5,12-13H,6-11,14-15H2,1H3,(H,26,28). The highest BCUT2D eigenvalue weighted by atomic mass is 16.7. The third-order valence-corrected chi connectivity index (χ3v) is 6.75. The molecule has 3 aliphatic rings. The summed E-state index contributed by atoms with van der Waals surface area (Å²) in [7, 11) is 0. The fraction of sp³-hybridized carbons (Fsp3) is 0.400. The summed E-state index contributed by atoms with van der Waals surface area (Å²) in [6, 6.07) is 11.1. The van der Waals surface area contributed by atoms with E-state index in [2.05, 4.69) is 5.32 Å². The smallest absolute Gasteiger partial charge is 0.261 e. The van der Waals surface area contributed by atoms with E-state index in [1.54, 1.807) is 12.1 Å². The van der Waals surface area contributed by atoms with E-state index < -0.39 is 0 Å². The zero-order valence-corrected chi connectivity index (χ0v) is 18.5. The Morgan fingerprint density at radius 3 is 2.58 bits per heavy atom. The molecule has 8 nitrogen and oxygen atoms in total. The van der Waals surface area contributed by atoms with Gasteiger partial charge in [-0.1, -0.05) is 17.7 Å². The fourth-order valence-electron chi connectivity index (χ4n) is 4.73. The first kappa shape index (κ1) is 21.5. The van der Waals surface area contributed by atoms with Crippen molar-refractivity contribution in [1.82, 2.24) is 10.2 Å². The number of nitrogens with zero attached hydrogens (tertiary/aromatic N) is 1. The van der Waals surface area contributed by atoms with Crippen molar-refractivity contribution in [2.45, 2.75) is 31.6 Å². The third-order valence-electron chi connectivity index (χ3n) is 6.75. The summed E-state index contributed by atoms with van der Waals surface area (Å²) >= 11 is 0. The van der Waals surface area contributed by atoms with Crippen molar-refractivity contribution in [2.24, 2.45) is 0 Å². The molecule has 5 rings (SSSR count). The van der Waals surface area contributed by atoms with E-state index in [1.165, 1.54) is 0 Å². The molecule has 1 saturated heterocycles. The second kappa shape index (κ2) is 8.51. The Morgan fingerprint density at radius 2 is 1.76 bits per heavy atom. The number of aryl methyl sites for hydroxylation is 1. The van der Waals surface area contributed by atoms with Crippen molar-refractivity contribution >= 4 is 17.7 Å². The van der Waals surface area contributed by atoms with Gasteiger partial charge >= 0.3 is 0 Å². The highest BCUT2D eigenvalue weighted by molar-refractivity contribution is 6.21. The second-order valence-electron chi connectivity index (χ2n) is 8.80. The minimum atomic E-state index is -0.343. The van der Waals surface area contributed by atoms with E-state index in [4.69, 9.17) is 14.2 Å². The number of benzene rings is 2. The quantitative estimate of drug-likeness (QED) is 0.680. The molecule has 3 aliphatic heterocycles. The predicted octanol–water partition coefficient (Wildman–Crippen LogP) is 2.57. The molecule has 1 fully saturated rings. The maximum Gasteiger partial charge on any atom is 0.261 e. The number of hydrogen-bond donors (Lipinski definition) is 1. The molecule has 8 heteroatoms. The van der Waals surface area contributed by atoms with Gasteiger partial charge in [0, 0.05) is 38.1 Å². The van der Waals surface area contributed by atoms with E-state index in [0.29, 0.717) is 36.6 Å². The number of amides is 3. The number of ether oxygens (including phenoxy) is 3. The minimum Gasteiger partial charge on any atom is -0.454 e. The van der Waals surface area contributed by atoms with E-state index in [9.17, 15) is 14.4 Å². The normalized spacial score (nSPS) is 18.4. The molecule has 0 atom stereocenters. The molecule has 172 valence electrons. The molecule has 33 heavy (non-hydrogen) atoms. The highest BCUT2D eigenvalue weighted by Gasteiger charge is 2.37.